The molecule has 0 saturated carbocycles. The molecule has 4 amide bonds. The van der Waals surface area contributed by atoms with E-state index in [0.29, 0.717) is 0 Å². The van der Waals surface area contributed by atoms with Crippen LogP contribution in [0.2, 0.25) is 0 Å². The summed E-state index contributed by atoms with van der Waals surface area (Å²) in [6.07, 6.45) is 0. The summed E-state index contributed by atoms with van der Waals surface area (Å²) in [5.74, 6) is -2.86. The lowest BCUT2D eigenvalue weighted by atomic mass is 10.00. The number of Topliss-reactive ketones (excluding diaryl/α,β-unsaturated/α-hetero) is 1. The number of hydrogen-bond acceptors (Lipinski definition) is 4. The topological polar surface area (TPSA) is 92.3 Å². The van der Waals surface area contributed by atoms with Crippen molar-refractivity contribution in [1.82, 2.24) is 10.6 Å². The molecule has 7 heteroatoms. The Morgan fingerprint density at radius 3 is 2.07 bits per heavy atom. The monoisotopic (exact) mass is 310 g/mol. The van der Waals surface area contributed by atoms with Gasteiger partial charge < -0.3 is 0 Å². The van der Waals surface area contributed by atoms with Gasteiger partial charge in [-0.2, -0.15) is 0 Å². The fraction of sp³-hybridized carbons (Fsp3) is 0.429. The van der Waals surface area contributed by atoms with Crippen molar-refractivity contribution in [3.8, 4) is 0 Å². The SMILES string of the molecule is CC(=O)C(I)C1C(=O)NC(=O)NC1=O. The van der Waals surface area contributed by atoms with E-state index in [0.717, 1.165) is 0 Å². The Kier molecular flexibility index (Phi) is 3.19. The number of nitrogens with one attached hydrogen (secondary N) is 2. The quantitative estimate of drug-likeness (QED) is 0.403. The molecule has 1 atom stereocenters. The maximum absolute atomic E-state index is 11.2. The van der Waals surface area contributed by atoms with Crippen LogP contribution in [0.4, 0.5) is 4.79 Å². The zero-order chi connectivity index (χ0) is 10.9. The fourth-order valence-electron chi connectivity index (χ4n) is 1.03. The highest BCUT2D eigenvalue weighted by Gasteiger charge is 2.40. The van der Waals surface area contributed by atoms with Gasteiger partial charge in [-0.05, 0) is 6.92 Å². The van der Waals surface area contributed by atoms with E-state index in [1.165, 1.54) is 6.92 Å². The zero-order valence-electron chi connectivity index (χ0n) is 7.17. The van der Waals surface area contributed by atoms with Crippen LogP contribution in [0, 0.1) is 5.92 Å². The molecule has 0 aromatic heterocycles. The molecule has 1 rings (SSSR count). The van der Waals surface area contributed by atoms with Crippen molar-refractivity contribution in [3.63, 3.8) is 0 Å². The summed E-state index contributed by atoms with van der Waals surface area (Å²) in [6.45, 7) is 1.29. The summed E-state index contributed by atoms with van der Waals surface area (Å²) in [5, 5.41) is 3.86. The smallest absolute Gasteiger partial charge is 0.299 e. The normalized spacial score (nSPS) is 20.0. The Balaban J connectivity index is 2.87. The molecular formula is C7H7IN2O4. The molecule has 1 aliphatic heterocycles. The lowest BCUT2D eigenvalue weighted by molar-refractivity contribution is -0.138. The van der Waals surface area contributed by atoms with Crippen LogP contribution in [0.15, 0.2) is 0 Å². The van der Waals surface area contributed by atoms with Gasteiger partial charge in [0.15, 0.2) is 0 Å². The second-order valence-electron chi connectivity index (χ2n) is 2.80. The van der Waals surface area contributed by atoms with Crippen LogP contribution in [-0.2, 0) is 14.4 Å². The standard InChI is InChI=1S/C7H7IN2O4/c1-2(11)4(8)3-5(12)9-7(14)10-6(3)13/h3-4H,1H3,(H2,9,10,12,13,14). The lowest BCUT2D eigenvalue weighted by Gasteiger charge is -2.22. The number of amides is 4. The minimum absolute atomic E-state index is 0.282. The van der Waals surface area contributed by atoms with E-state index in [1.54, 1.807) is 22.6 Å². The van der Waals surface area contributed by atoms with Gasteiger partial charge in [-0.1, -0.05) is 22.6 Å². The molecule has 76 valence electrons. The van der Waals surface area contributed by atoms with Crippen molar-refractivity contribution in [2.45, 2.75) is 10.8 Å². The number of carbonyl (C=O) groups is 4. The molecule has 1 saturated heterocycles. The highest BCUT2D eigenvalue weighted by molar-refractivity contribution is 14.1. The number of alkyl halides is 1. The van der Waals surface area contributed by atoms with Gasteiger partial charge in [-0.25, -0.2) is 4.79 Å². The molecule has 0 radical (unpaired) electrons. The lowest BCUT2D eigenvalue weighted by Crippen LogP contribution is -2.58. The summed E-state index contributed by atoms with van der Waals surface area (Å²) in [5.41, 5.74) is 0. The third-order valence-corrected chi connectivity index (χ3v) is 3.32. The number of imide groups is 2. The number of halogens is 1. The van der Waals surface area contributed by atoms with Crippen LogP contribution in [0.3, 0.4) is 0 Å². The first-order chi connectivity index (χ1) is 6.43. The Morgan fingerprint density at radius 1 is 1.29 bits per heavy atom. The molecule has 1 heterocycles. The van der Waals surface area contributed by atoms with Crippen LogP contribution in [0.25, 0.3) is 0 Å². The van der Waals surface area contributed by atoms with E-state index < -0.39 is 27.7 Å². The highest BCUT2D eigenvalue weighted by atomic mass is 127. The van der Waals surface area contributed by atoms with Gasteiger partial charge in [-0.3, -0.25) is 25.0 Å². The number of urea groups is 1. The molecular weight excluding hydrogens is 303 g/mol. The second-order valence-corrected chi connectivity index (χ2v) is 4.14. The summed E-state index contributed by atoms with van der Waals surface area (Å²) in [4.78, 5) is 44.1. The predicted octanol–water partition coefficient (Wildman–Crippen LogP) is -0.639. The van der Waals surface area contributed by atoms with Crippen LogP contribution in [0.1, 0.15) is 6.92 Å². The van der Waals surface area contributed by atoms with Crippen molar-refractivity contribution < 1.29 is 19.2 Å². The molecule has 1 unspecified atom stereocenters. The largest absolute Gasteiger partial charge is 0.328 e. The second kappa shape index (κ2) is 4.03. The minimum Gasteiger partial charge on any atom is -0.299 e. The molecule has 1 aliphatic rings. The van der Waals surface area contributed by atoms with Gasteiger partial charge in [0.2, 0.25) is 11.8 Å². The van der Waals surface area contributed by atoms with Crippen molar-refractivity contribution in [3.05, 3.63) is 0 Å². The summed E-state index contributed by atoms with van der Waals surface area (Å²) >= 11 is 1.71. The zero-order valence-corrected chi connectivity index (χ0v) is 9.32. The van der Waals surface area contributed by atoms with E-state index in [4.69, 9.17) is 0 Å². The van der Waals surface area contributed by atoms with Crippen LogP contribution < -0.4 is 10.6 Å². The van der Waals surface area contributed by atoms with Gasteiger partial charge >= 0.3 is 6.03 Å². The molecule has 0 aliphatic carbocycles. The number of barbiturate groups is 1. The van der Waals surface area contributed by atoms with Gasteiger partial charge in [0.1, 0.15) is 11.7 Å². The van der Waals surface area contributed by atoms with Gasteiger partial charge in [0.25, 0.3) is 0 Å². The van der Waals surface area contributed by atoms with E-state index in [9.17, 15) is 19.2 Å². The average Bonchev–Trinajstić information content (AvgIpc) is 2.01. The van der Waals surface area contributed by atoms with E-state index in [2.05, 4.69) is 0 Å². The van der Waals surface area contributed by atoms with Gasteiger partial charge in [0, 0.05) is 0 Å². The summed E-state index contributed by atoms with van der Waals surface area (Å²) < 4.78 is -0.749. The Labute approximate surface area is 92.9 Å². The fourth-order valence-corrected chi connectivity index (χ4v) is 1.68. The van der Waals surface area contributed by atoms with Crippen LogP contribution >= 0.6 is 22.6 Å². The third-order valence-electron chi connectivity index (χ3n) is 1.72. The van der Waals surface area contributed by atoms with E-state index in [-0.39, 0.29) is 5.78 Å². The molecule has 0 aromatic carbocycles. The van der Waals surface area contributed by atoms with Gasteiger partial charge in [0.05, 0.1) is 3.92 Å². The van der Waals surface area contributed by atoms with Crippen LogP contribution in [-0.4, -0.2) is 27.6 Å². The molecule has 0 spiro atoms. The average molecular weight is 310 g/mol. The number of ketones is 1. The third kappa shape index (κ3) is 2.08. The predicted molar refractivity (Wildman–Crippen MR) is 53.7 cm³/mol. The maximum atomic E-state index is 11.2. The maximum Gasteiger partial charge on any atom is 0.328 e. The summed E-state index contributed by atoms with van der Waals surface area (Å²) in [6, 6.07) is -0.844. The molecule has 2 N–H and O–H groups in total. The highest BCUT2D eigenvalue weighted by Crippen LogP contribution is 2.17. The van der Waals surface area contributed by atoms with Gasteiger partial charge in [-0.15, -0.1) is 0 Å². The first-order valence-corrected chi connectivity index (χ1v) is 4.98. The molecule has 6 nitrogen and oxygen atoms in total. The van der Waals surface area contributed by atoms with Crippen molar-refractivity contribution >= 4 is 46.2 Å². The number of rotatable bonds is 2. The Bertz CT molecular complexity index is 308. The van der Waals surface area contributed by atoms with E-state index in [1.807, 2.05) is 10.6 Å². The molecule has 0 bridgehead atoms. The molecule has 1 fully saturated rings. The van der Waals surface area contributed by atoms with Crippen LogP contribution in [0.5, 0.6) is 0 Å². The van der Waals surface area contributed by atoms with Crippen molar-refractivity contribution in [1.29, 1.82) is 0 Å². The minimum atomic E-state index is -1.12. The Hall–Kier alpha value is -0.990. The molecule has 0 aromatic rings. The number of hydrogen-bond donors (Lipinski definition) is 2. The van der Waals surface area contributed by atoms with Crippen molar-refractivity contribution in [2.24, 2.45) is 5.92 Å². The summed E-state index contributed by atoms with van der Waals surface area (Å²) in [7, 11) is 0. The van der Waals surface area contributed by atoms with E-state index >= 15 is 0 Å². The van der Waals surface area contributed by atoms with Crippen molar-refractivity contribution in [2.75, 3.05) is 0 Å². The first kappa shape index (κ1) is 11.1. The molecule has 14 heavy (non-hydrogen) atoms. The first-order valence-electron chi connectivity index (χ1n) is 3.73. The number of carbonyl (C=O) groups excluding carboxylic acids is 4. The Morgan fingerprint density at radius 2 is 1.71 bits per heavy atom.